The molecule has 312 valence electrons. The monoisotopic (exact) mass is 814 g/mol. The Morgan fingerprint density at radius 2 is 1.62 bits per heavy atom. The number of anilines is 2. The van der Waals surface area contributed by atoms with Crippen molar-refractivity contribution in [3.8, 4) is 22.4 Å². The van der Waals surface area contributed by atoms with Crippen LogP contribution in [-0.4, -0.2) is 91.7 Å². The molecule has 60 heavy (non-hydrogen) atoms. The number of hydrogen-bond acceptors (Lipinski definition) is 10. The number of H-pyrrole nitrogens is 1. The molecule has 2 aliphatic carbocycles. The van der Waals surface area contributed by atoms with E-state index in [4.69, 9.17) is 5.10 Å². The number of fused-ring (bicyclic) bond motifs is 1. The highest BCUT2D eigenvalue weighted by Gasteiger charge is 2.34. The van der Waals surface area contributed by atoms with Crippen LogP contribution >= 0.6 is 0 Å². The van der Waals surface area contributed by atoms with Crippen molar-refractivity contribution in [3.05, 3.63) is 88.9 Å². The van der Waals surface area contributed by atoms with Gasteiger partial charge in [-0.15, -0.1) is 0 Å². The third-order valence-electron chi connectivity index (χ3n) is 13.1. The molecule has 0 radical (unpaired) electrons. The highest BCUT2D eigenvalue weighted by molar-refractivity contribution is 6.02. The van der Waals surface area contributed by atoms with Gasteiger partial charge in [0.2, 0.25) is 23.7 Å². The predicted octanol–water partition coefficient (Wildman–Crippen LogP) is 5.27. The number of amides is 3. The van der Waals surface area contributed by atoms with Crippen LogP contribution in [0.2, 0.25) is 0 Å². The number of halogens is 1. The molecular formula is C45H51FN10O4. The van der Waals surface area contributed by atoms with E-state index in [1.54, 1.807) is 36.5 Å². The molecule has 2 aliphatic heterocycles. The van der Waals surface area contributed by atoms with Gasteiger partial charge >= 0.3 is 0 Å². The van der Waals surface area contributed by atoms with Gasteiger partial charge in [-0.25, -0.2) is 14.4 Å². The zero-order chi connectivity index (χ0) is 41.3. The number of aromatic amines is 1. The Bertz CT molecular complexity index is 2460. The largest absolute Gasteiger partial charge is 0.369 e. The lowest BCUT2D eigenvalue weighted by atomic mass is 9.83. The molecule has 0 spiro atoms. The Hall–Kier alpha value is -5.96. The van der Waals surface area contributed by atoms with E-state index in [9.17, 15) is 23.6 Å². The van der Waals surface area contributed by atoms with Crippen LogP contribution in [0.3, 0.4) is 0 Å². The van der Waals surface area contributed by atoms with Crippen LogP contribution in [0.1, 0.15) is 75.8 Å². The van der Waals surface area contributed by atoms with Gasteiger partial charge in [0, 0.05) is 92.1 Å². The summed E-state index contributed by atoms with van der Waals surface area (Å²) in [7, 11) is 1.90. The number of nitrogens with one attached hydrogen (secondary N) is 4. The maximum atomic E-state index is 15.0. The molecule has 5 heterocycles. The van der Waals surface area contributed by atoms with E-state index in [-0.39, 0.29) is 47.0 Å². The van der Waals surface area contributed by atoms with Crippen molar-refractivity contribution in [2.24, 2.45) is 13.0 Å². The topological polar surface area (TPSA) is 170 Å². The Balaban J connectivity index is 0.720. The molecule has 15 heteroatoms. The van der Waals surface area contributed by atoms with Gasteiger partial charge in [-0.3, -0.25) is 34.1 Å². The van der Waals surface area contributed by atoms with Crippen LogP contribution in [0.5, 0.6) is 0 Å². The molecule has 4 aliphatic rings. The van der Waals surface area contributed by atoms with Crippen LogP contribution < -0.4 is 26.4 Å². The van der Waals surface area contributed by atoms with Crippen molar-refractivity contribution >= 4 is 40.3 Å². The number of imide groups is 1. The first-order valence-electron chi connectivity index (χ1n) is 21.3. The molecule has 2 saturated carbocycles. The van der Waals surface area contributed by atoms with Gasteiger partial charge in [0.1, 0.15) is 5.69 Å². The Morgan fingerprint density at radius 1 is 0.850 bits per heavy atom. The van der Waals surface area contributed by atoms with Gasteiger partial charge < -0.3 is 20.5 Å². The molecule has 14 nitrogen and oxygen atoms in total. The number of aromatic nitrogens is 5. The van der Waals surface area contributed by atoms with E-state index < -0.39 is 11.7 Å². The van der Waals surface area contributed by atoms with Gasteiger partial charge in [0.25, 0.3) is 5.56 Å². The first-order chi connectivity index (χ1) is 29.2. The summed E-state index contributed by atoms with van der Waals surface area (Å²) in [6.07, 6.45) is 10.8. The number of rotatable bonds is 9. The number of pyridine rings is 1. The van der Waals surface area contributed by atoms with Gasteiger partial charge in [0.15, 0.2) is 5.82 Å². The minimum Gasteiger partial charge on any atom is -0.369 e. The van der Waals surface area contributed by atoms with Crippen molar-refractivity contribution < 1.29 is 18.8 Å². The van der Waals surface area contributed by atoms with Crippen molar-refractivity contribution in [3.63, 3.8) is 0 Å². The number of carbonyl (C=O) groups excluding carboxylic acids is 3. The molecule has 1 unspecified atom stereocenters. The zero-order valence-electron chi connectivity index (χ0n) is 33.8. The van der Waals surface area contributed by atoms with Gasteiger partial charge in [0.05, 0.1) is 23.3 Å². The highest BCUT2D eigenvalue weighted by Crippen LogP contribution is 2.34. The smallest absolute Gasteiger partial charge is 0.255 e. The molecule has 5 aromatic rings. The van der Waals surface area contributed by atoms with E-state index in [0.29, 0.717) is 41.5 Å². The van der Waals surface area contributed by atoms with Crippen LogP contribution in [0.25, 0.3) is 33.3 Å². The zero-order valence-corrected chi connectivity index (χ0v) is 33.8. The second kappa shape index (κ2) is 17.0. The van der Waals surface area contributed by atoms with Crippen LogP contribution in [-0.2, 0) is 21.4 Å². The standard InChI is InChI=1S/C45H51FN10O4/c1-54-38-25-33(15-16-35(38)41(53-54)36-17-18-39(57)51-44(36)60)56-22-20-55(21-23-56)32-13-7-27(8-14-32)42(58)49-30-9-11-31(12-10-30)50-45-48-26-37(46)40(52-45)29-5-2-4-28(24-29)34-6-3-19-47-43(34)59/h2-6,15-16,19,24-27,30-32,36H,7-14,17-18,20-23H2,1H3,(H,47,59)(H,49,58)(H,48,50,52)(H,51,57,60)/t27-,30?,31?,32-,36?. The minimum atomic E-state index is -0.538. The number of carbonyl (C=O) groups is 3. The molecule has 2 aromatic carbocycles. The first-order valence-corrected chi connectivity index (χ1v) is 21.3. The fraction of sp³-hybridized carbons (Fsp3) is 0.444. The average molecular weight is 815 g/mol. The third kappa shape index (κ3) is 8.27. The SMILES string of the molecule is Cn1nc(C2CCC(=O)NC2=O)c2ccc(N3CCN([C@H]4CC[C@H](C(=O)NC5CCC(Nc6ncc(F)c(-c7cccc(-c8ccc[nH]c8=O)c7)n6)CC5)CC4)CC3)cc21. The predicted molar refractivity (Wildman–Crippen MR) is 227 cm³/mol. The number of aryl methyl sites for hydroxylation is 1. The Labute approximate surface area is 347 Å². The minimum absolute atomic E-state index is 0.0406. The van der Waals surface area contributed by atoms with E-state index in [1.165, 1.54) is 6.20 Å². The Morgan fingerprint density at radius 3 is 2.38 bits per heavy atom. The van der Waals surface area contributed by atoms with E-state index >= 15 is 0 Å². The quantitative estimate of drug-likeness (QED) is 0.144. The summed E-state index contributed by atoms with van der Waals surface area (Å²) in [5.41, 5.74) is 4.54. The van der Waals surface area contributed by atoms with E-state index in [2.05, 4.69) is 58.9 Å². The summed E-state index contributed by atoms with van der Waals surface area (Å²) in [5, 5.41) is 14.9. The van der Waals surface area contributed by atoms with Crippen LogP contribution in [0.15, 0.2) is 71.8 Å². The number of nitrogens with zero attached hydrogens (tertiary/aromatic N) is 6. The molecule has 3 amide bonds. The molecular weight excluding hydrogens is 764 g/mol. The summed E-state index contributed by atoms with van der Waals surface area (Å²) >= 11 is 0. The molecule has 4 fully saturated rings. The van der Waals surface area contributed by atoms with Crippen LogP contribution in [0.4, 0.5) is 16.0 Å². The molecule has 4 N–H and O–H groups in total. The van der Waals surface area contributed by atoms with Gasteiger partial charge in [-0.05, 0) is 99.7 Å². The lowest BCUT2D eigenvalue weighted by Crippen LogP contribution is -2.52. The second-order valence-electron chi connectivity index (χ2n) is 16.8. The molecule has 3 aromatic heterocycles. The number of hydrogen-bond donors (Lipinski definition) is 4. The molecule has 2 saturated heterocycles. The highest BCUT2D eigenvalue weighted by atomic mass is 19.1. The summed E-state index contributed by atoms with van der Waals surface area (Å²) in [6, 6.07) is 17.7. The van der Waals surface area contributed by atoms with Crippen molar-refractivity contribution in [2.45, 2.75) is 88.3 Å². The maximum Gasteiger partial charge on any atom is 0.255 e. The van der Waals surface area contributed by atoms with Gasteiger partial charge in [-0.1, -0.05) is 18.2 Å². The Kier molecular flexibility index (Phi) is 11.2. The lowest BCUT2D eigenvalue weighted by molar-refractivity contribution is -0.134. The van der Waals surface area contributed by atoms with E-state index in [1.807, 2.05) is 17.8 Å². The van der Waals surface area contributed by atoms with Gasteiger partial charge in [-0.2, -0.15) is 5.10 Å². The fourth-order valence-electron chi connectivity index (χ4n) is 9.74. The molecule has 1 atom stereocenters. The first kappa shape index (κ1) is 39.5. The van der Waals surface area contributed by atoms with Crippen molar-refractivity contribution in [2.75, 3.05) is 36.4 Å². The fourth-order valence-corrected chi connectivity index (χ4v) is 9.74. The number of benzene rings is 2. The summed E-state index contributed by atoms with van der Waals surface area (Å²) in [5.74, 6) is -0.880. The number of piperazine rings is 1. The van der Waals surface area contributed by atoms with Crippen molar-refractivity contribution in [1.82, 2.24) is 40.3 Å². The third-order valence-corrected chi connectivity index (χ3v) is 13.1. The molecule has 9 rings (SSSR count). The molecule has 0 bridgehead atoms. The normalized spacial score (nSPS) is 24.0. The van der Waals surface area contributed by atoms with E-state index in [0.717, 1.165) is 99.8 Å². The summed E-state index contributed by atoms with van der Waals surface area (Å²) < 4.78 is 16.8. The second-order valence-corrected chi connectivity index (χ2v) is 16.8. The summed E-state index contributed by atoms with van der Waals surface area (Å²) in [6.45, 7) is 3.78. The number of piperidine rings is 1. The van der Waals surface area contributed by atoms with Crippen molar-refractivity contribution in [1.29, 1.82) is 0 Å². The summed E-state index contributed by atoms with van der Waals surface area (Å²) in [4.78, 5) is 66.5. The van der Waals surface area contributed by atoms with Crippen LogP contribution in [0, 0.1) is 11.7 Å². The maximum absolute atomic E-state index is 15.0. The average Bonchev–Trinajstić information content (AvgIpc) is 3.60. The lowest BCUT2D eigenvalue weighted by Gasteiger charge is -2.42.